The molecule has 1 aromatic carbocycles. The second-order valence-corrected chi connectivity index (χ2v) is 6.56. The summed E-state index contributed by atoms with van der Waals surface area (Å²) in [6, 6.07) is 3.69. The Kier molecular flexibility index (Phi) is 9.26. The van der Waals surface area contributed by atoms with E-state index in [1.165, 1.54) is 10.9 Å². The van der Waals surface area contributed by atoms with E-state index in [1.807, 2.05) is 13.1 Å². The summed E-state index contributed by atoms with van der Waals surface area (Å²) in [6.07, 6.45) is 3.73. The summed E-state index contributed by atoms with van der Waals surface area (Å²) < 4.78 is 26.3. The molecule has 0 aliphatic rings. The predicted octanol–water partition coefficient (Wildman–Crippen LogP) is 4.07. The SMILES string of the molecule is CCc1cnc(CCNC(=NC)NC(C)c2ccc(F)c(F)c2)s1.I. The Morgan fingerprint density at radius 3 is 2.68 bits per heavy atom. The maximum absolute atomic E-state index is 13.3. The number of aromatic nitrogens is 1. The normalized spacial score (nSPS) is 12.4. The number of aliphatic imine (C=N–C) groups is 1. The van der Waals surface area contributed by atoms with E-state index >= 15 is 0 Å². The van der Waals surface area contributed by atoms with Gasteiger partial charge in [-0.15, -0.1) is 35.3 Å². The number of rotatable bonds is 6. The third-order valence-corrected chi connectivity index (χ3v) is 4.80. The first-order chi connectivity index (χ1) is 11.5. The number of hydrogen-bond acceptors (Lipinski definition) is 3. The summed E-state index contributed by atoms with van der Waals surface area (Å²) in [6.45, 7) is 4.68. The van der Waals surface area contributed by atoms with E-state index < -0.39 is 11.6 Å². The molecule has 8 heteroatoms. The largest absolute Gasteiger partial charge is 0.356 e. The lowest BCUT2D eigenvalue weighted by Crippen LogP contribution is -2.39. The second-order valence-electron chi connectivity index (χ2n) is 5.36. The fraction of sp³-hybridized carbons (Fsp3) is 0.412. The number of nitrogens with one attached hydrogen (secondary N) is 2. The standard InChI is InChI=1S/C17H22F2N4S.HI/c1-4-13-10-22-16(24-13)7-8-21-17(20-3)23-11(2)12-5-6-14(18)15(19)9-12;/h5-6,9-11H,4,7-8H2,1-3H3,(H2,20,21,23);1H. The number of aryl methyl sites for hydroxylation is 1. The van der Waals surface area contributed by atoms with Crippen LogP contribution in [0.4, 0.5) is 8.78 Å². The highest BCUT2D eigenvalue weighted by Gasteiger charge is 2.11. The van der Waals surface area contributed by atoms with Crippen LogP contribution in [0.3, 0.4) is 0 Å². The molecule has 1 aromatic heterocycles. The van der Waals surface area contributed by atoms with Gasteiger partial charge in [-0.2, -0.15) is 0 Å². The third kappa shape index (κ3) is 6.50. The van der Waals surface area contributed by atoms with E-state index in [0.29, 0.717) is 18.1 Å². The van der Waals surface area contributed by atoms with Gasteiger partial charge in [-0.1, -0.05) is 13.0 Å². The molecule has 0 amide bonds. The van der Waals surface area contributed by atoms with Gasteiger partial charge in [0.1, 0.15) is 0 Å². The zero-order valence-electron chi connectivity index (χ0n) is 14.5. The maximum Gasteiger partial charge on any atom is 0.191 e. The van der Waals surface area contributed by atoms with Gasteiger partial charge in [0.2, 0.25) is 0 Å². The molecular formula is C17H23F2IN4S. The molecule has 1 atom stereocenters. The Hall–Kier alpha value is -1.29. The number of benzene rings is 1. The number of hydrogen-bond donors (Lipinski definition) is 2. The average Bonchev–Trinajstić information content (AvgIpc) is 3.04. The van der Waals surface area contributed by atoms with Crippen LogP contribution in [0.2, 0.25) is 0 Å². The molecule has 25 heavy (non-hydrogen) atoms. The molecule has 0 aliphatic carbocycles. The Labute approximate surface area is 168 Å². The fourth-order valence-corrected chi connectivity index (χ4v) is 3.04. The zero-order chi connectivity index (χ0) is 17.5. The van der Waals surface area contributed by atoms with Gasteiger partial charge < -0.3 is 10.6 Å². The Balaban J connectivity index is 0.00000312. The molecule has 2 N–H and O–H groups in total. The highest BCUT2D eigenvalue weighted by atomic mass is 127. The minimum absolute atomic E-state index is 0. The van der Waals surface area contributed by atoms with Crippen molar-refractivity contribution in [2.75, 3.05) is 13.6 Å². The van der Waals surface area contributed by atoms with Crippen molar-refractivity contribution < 1.29 is 8.78 Å². The number of nitrogens with zero attached hydrogens (tertiary/aromatic N) is 2. The van der Waals surface area contributed by atoms with Gasteiger partial charge in [0.15, 0.2) is 17.6 Å². The Bertz CT molecular complexity index is 706. The first kappa shape index (κ1) is 21.8. The van der Waals surface area contributed by atoms with E-state index in [-0.39, 0.29) is 30.0 Å². The molecule has 2 rings (SSSR count). The van der Waals surface area contributed by atoms with Gasteiger partial charge in [-0.25, -0.2) is 13.8 Å². The van der Waals surface area contributed by atoms with Crippen molar-refractivity contribution in [2.45, 2.75) is 32.7 Å². The van der Waals surface area contributed by atoms with E-state index in [0.717, 1.165) is 23.9 Å². The lowest BCUT2D eigenvalue weighted by Gasteiger charge is -2.18. The second kappa shape index (κ2) is 10.6. The first-order valence-corrected chi connectivity index (χ1v) is 8.70. The highest BCUT2D eigenvalue weighted by molar-refractivity contribution is 14.0. The van der Waals surface area contributed by atoms with Crippen molar-refractivity contribution in [2.24, 2.45) is 4.99 Å². The Morgan fingerprint density at radius 1 is 1.32 bits per heavy atom. The number of guanidine groups is 1. The molecule has 0 spiro atoms. The monoisotopic (exact) mass is 480 g/mol. The summed E-state index contributed by atoms with van der Waals surface area (Å²) in [5.41, 5.74) is 0.657. The van der Waals surface area contributed by atoms with Gasteiger partial charge in [-0.3, -0.25) is 4.99 Å². The minimum atomic E-state index is -0.848. The predicted molar refractivity (Wildman–Crippen MR) is 110 cm³/mol. The summed E-state index contributed by atoms with van der Waals surface area (Å²) in [5, 5.41) is 7.46. The lowest BCUT2D eigenvalue weighted by atomic mass is 10.1. The molecule has 1 heterocycles. The van der Waals surface area contributed by atoms with Crippen LogP contribution in [0.15, 0.2) is 29.4 Å². The summed E-state index contributed by atoms with van der Waals surface area (Å²) in [5.74, 6) is -1.08. The van der Waals surface area contributed by atoms with Crippen LogP contribution >= 0.6 is 35.3 Å². The Morgan fingerprint density at radius 2 is 2.08 bits per heavy atom. The smallest absolute Gasteiger partial charge is 0.191 e. The lowest BCUT2D eigenvalue weighted by molar-refractivity contribution is 0.504. The minimum Gasteiger partial charge on any atom is -0.356 e. The summed E-state index contributed by atoms with van der Waals surface area (Å²) in [7, 11) is 1.67. The van der Waals surface area contributed by atoms with Crippen LogP contribution in [0.25, 0.3) is 0 Å². The van der Waals surface area contributed by atoms with E-state index in [4.69, 9.17) is 0 Å². The summed E-state index contributed by atoms with van der Waals surface area (Å²) >= 11 is 1.72. The van der Waals surface area contributed by atoms with Crippen LogP contribution in [0, 0.1) is 11.6 Å². The van der Waals surface area contributed by atoms with Gasteiger partial charge in [-0.05, 0) is 31.0 Å². The van der Waals surface area contributed by atoms with Crippen molar-refractivity contribution in [3.05, 3.63) is 51.5 Å². The van der Waals surface area contributed by atoms with Crippen molar-refractivity contribution in [3.63, 3.8) is 0 Å². The van der Waals surface area contributed by atoms with E-state index in [2.05, 4.69) is 27.5 Å². The van der Waals surface area contributed by atoms with Crippen molar-refractivity contribution in [1.82, 2.24) is 15.6 Å². The molecule has 4 nitrogen and oxygen atoms in total. The number of thiazole rings is 1. The summed E-state index contributed by atoms with van der Waals surface area (Å²) in [4.78, 5) is 9.81. The first-order valence-electron chi connectivity index (χ1n) is 7.89. The molecule has 0 saturated heterocycles. The molecule has 0 bridgehead atoms. The quantitative estimate of drug-likeness (QED) is 0.373. The van der Waals surface area contributed by atoms with Crippen LogP contribution in [0.1, 0.15) is 35.3 Å². The molecule has 1 unspecified atom stereocenters. The fourth-order valence-electron chi connectivity index (χ4n) is 2.18. The van der Waals surface area contributed by atoms with Crippen LogP contribution < -0.4 is 10.6 Å². The molecule has 2 aromatic rings. The van der Waals surface area contributed by atoms with Crippen LogP contribution in [-0.2, 0) is 12.8 Å². The van der Waals surface area contributed by atoms with Crippen LogP contribution in [0.5, 0.6) is 0 Å². The van der Waals surface area contributed by atoms with Crippen molar-refractivity contribution in [1.29, 1.82) is 0 Å². The van der Waals surface area contributed by atoms with Gasteiger partial charge >= 0.3 is 0 Å². The van der Waals surface area contributed by atoms with E-state index in [1.54, 1.807) is 24.5 Å². The van der Waals surface area contributed by atoms with Gasteiger partial charge in [0, 0.05) is 31.1 Å². The van der Waals surface area contributed by atoms with E-state index in [9.17, 15) is 8.78 Å². The average molecular weight is 480 g/mol. The maximum atomic E-state index is 13.3. The third-order valence-electron chi connectivity index (χ3n) is 3.60. The molecule has 0 radical (unpaired) electrons. The molecule has 138 valence electrons. The molecule has 0 aliphatic heterocycles. The van der Waals surface area contributed by atoms with Crippen molar-refractivity contribution >= 4 is 41.3 Å². The number of halogens is 3. The molecule has 0 saturated carbocycles. The van der Waals surface area contributed by atoms with Crippen molar-refractivity contribution in [3.8, 4) is 0 Å². The van der Waals surface area contributed by atoms with Crippen LogP contribution in [-0.4, -0.2) is 24.5 Å². The highest BCUT2D eigenvalue weighted by Crippen LogP contribution is 2.16. The molecular weight excluding hydrogens is 457 g/mol. The van der Waals surface area contributed by atoms with Gasteiger partial charge in [0.25, 0.3) is 0 Å². The molecule has 0 fully saturated rings. The van der Waals surface area contributed by atoms with Gasteiger partial charge in [0.05, 0.1) is 11.0 Å². The zero-order valence-corrected chi connectivity index (χ0v) is 17.6. The topological polar surface area (TPSA) is 49.3 Å².